The number of ketones is 2. The Morgan fingerprint density at radius 2 is 1.16 bits per heavy atom. The highest BCUT2D eigenvalue weighted by molar-refractivity contribution is 6.22. The summed E-state index contributed by atoms with van der Waals surface area (Å²) in [5.41, 5.74) is 6.75. The molecule has 0 saturated carbocycles. The molecule has 0 amide bonds. The van der Waals surface area contributed by atoms with Crippen molar-refractivity contribution >= 4 is 11.6 Å². The van der Waals surface area contributed by atoms with Crippen LogP contribution in [0.4, 0.5) is 0 Å². The third-order valence-electron chi connectivity index (χ3n) is 5.56. The van der Waals surface area contributed by atoms with E-state index in [0.29, 0.717) is 22.3 Å². The van der Waals surface area contributed by atoms with Gasteiger partial charge in [-0.25, -0.2) is 0 Å². The van der Waals surface area contributed by atoms with Gasteiger partial charge in [0.15, 0.2) is 11.6 Å². The van der Waals surface area contributed by atoms with Crippen LogP contribution in [-0.4, -0.2) is 11.6 Å². The first-order valence-electron chi connectivity index (χ1n) is 10.4. The number of benzene rings is 4. The predicted molar refractivity (Wildman–Crippen MR) is 126 cm³/mol. The predicted octanol–water partition coefficient (Wildman–Crippen LogP) is 6.74. The van der Waals surface area contributed by atoms with Crippen molar-refractivity contribution in [3.8, 4) is 11.1 Å². The van der Waals surface area contributed by atoms with Gasteiger partial charge in [-0.05, 0) is 43.0 Å². The molecule has 0 aliphatic heterocycles. The lowest BCUT2D eigenvalue weighted by Crippen LogP contribution is -2.15. The standard InChI is InChI=1S/C29H24O2/c1-19-17-20(2)26(21(3)18-19)29(31)25-16-10-15-24(22-11-6-4-7-12-22)27(25)28(30)23-13-8-5-9-14-23/h4-18H,1-3H3. The summed E-state index contributed by atoms with van der Waals surface area (Å²) in [5.74, 6) is -0.266. The average molecular weight is 405 g/mol. The second kappa shape index (κ2) is 8.53. The van der Waals surface area contributed by atoms with E-state index in [2.05, 4.69) is 0 Å². The van der Waals surface area contributed by atoms with Crippen LogP contribution in [0, 0.1) is 20.8 Å². The Morgan fingerprint density at radius 1 is 0.581 bits per heavy atom. The van der Waals surface area contributed by atoms with Crippen LogP contribution in [-0.2, 0) is 0 Å². The Kier molecular flexibility index (Phi) is 5.64. The summed E-state index contributed by atoms with van der Waals surface area (Å²) >= 11 is 0. The van der Waals surface area contributed by atoms with Gasteiger partial charge in [0.1, 0.15) is 0 Å². The van der Waals surface area contributed by atoms with Gasteiger partial charge in [-0.3, -0.25) is 9.59 Å². The lowest BCUT2D eigenvalue weighted by Gasteiger charge is -2.16. The van der Waals surface area contributed by atoms with Gasteiger partial charge < -0.3 is 0 Å². The molecule has 2 nitrogen and oxygen atoms in total. The fraction of sp³-hybridized carbons (Fsp3) is 0.103. The lowest BCUT2D eigenvalue weighted by molar-refractivity contribution is 0.100. The summed E-state index contributed by atoms with van der Waals surface area (Å²) in [6, 6.07) is 28.5. The molecule has 0 saturated heterocycles. The van der Waals surface area contributed by atoms with Crippen LogP contribution >= 0.6 is 0 Å². The van der Waals surface area contributed by atoms with Gasteiger partial charge in [-0.1, -0.05) is 96.6 Å². The fourth-order valence-electron chi connectivity index (χ4n) is 4.25. The third-order valence-corrected chi connectivity index (χ3v) is 5.56. The number of carbonyl (C=O) groups is 2. The molecule has 0 fully saturated rings. The van der Waals surface area contributed by atoms with Crippen LogP contribution in [0.2, 0.25) is 0 Å². The maximum atomic E-state index is 13.8. The molecule has 2 heteroatoms. The molecule has 0 heterocycles. The van der Waals surface area contributed by atoms with Gasteiger partial charge >= 0.3 is 0 Å². The molecular weight excluding hydrogens is 380 g/mol. The Bertz CT molecular complexity index is 1250. The summed E-state index contributed by atoms with van der Waals surface area (Å²) < 4.78 is 0. The van der Waals surface area contributed by atoms with E-state index in [-0.39, 0.29) is 11.6 Å². The zero-order valence-corrected chi connectivity index (χ0v) is 18.0. The normalized spacial score (nSPS) is 10.7. The van der Waals surface area contributed by atoms with E-state index in [1.165, 1.54) is 0 Å². The van der Waals surface area contributed by atoms with Crippen LogP contribution in [0.3, 0.4) is 0 Å². The van der Waals surface area contributed by atoms with Crippen LogP contribution < -0.4 is 0 Å². The molecule has 0 N–H and O–H groups in total. The van der Waals surface area contributed by atoms with E-state index in [1.807, 2.05) is 93.6 Å². The SMILES string of the molecule is Cc1cc(C)c(C(=O)c2cccc(-c3ccccc3)c2C(=O)c2ccccc2)c(C)c1. The smallest absolute Gasteiger partial charge is 0.194 e. The Balaban J connectivity index is 1.97. The van der Waals surface area contributed by atoms with Crippen molar-refractivity contribution in [1.29, 1.82) is 0 Å². The quantitative estimate of drug-likeness (QED) is 0.345. The molecule has 0 aliphatic carbocycles. The van der Waals surface area contributed by atoms with Crippen molar-refractivity contribution in [2.24, 2.45) is 0 Å². The average Bonchev–Trinajstić information content (AvgIpc) is 2.78. The van der Waals surface area contributed by atoms with E-state index in [0.717, 1.165) is 27.8 Å². The Labute approximate surface area is 183 Å². The fourth-order valence-corrected chi connectivity index (χ4v) is 4.25. The second-order valence-electron chi connectivity index (χ2n) is 7.89. The summed E-state index contributed by atoms with van der Waals surface area (Å²) in [6.07, 6.45) is 0. The zero-order chi connectivity index (χ0) is 22.0. The van der Waals surface area contributed by atoms with E-state index >= 15 is 0 Å². The molecule has 0 unspecified atom stereocenters. The highest BCUT2D eigenvalue weighted by Crippen LogP contribution is 2.31. The van der Waals surface area contributed by atoms with E-state index < -0.39 is 0 Å². The zero-order valence-electron chi connectivity index (χ0n) is 18.0. The Hall–Kier alpha value is -3.78. The third kappa shape index (κ3) is 3.97. The minimum Gasteiger partial charge on any atom is -0.289 e. The van der Waals surface area contributed by atoms with E-state index in [4.69, 9.17) is 0 Å². The number of hydrogen-bond donors (Lipinski definition) is 0. The highest BCUT2D eigenvalue weighted by Gasteiger charge is 2.25. The second-order valence-corrected chi connectivity index (χ2v) is 7.89. The summed E-state index contributed by atoms with van der Waals surface area (Å²) in [6.45, 7) is 5.93. The van der Waals surface area contributed by atoms with Gasteiger partial charge in [0.25, 0.3) is 0 Å². The van der Waals surface area contributed by atoms with Gasteiger partial charge in [0, 0.05) is 22.3 Å². The molecule has 152 valence electrons. The molecule has 0 aromatic heterocycles. The largest absolute Gasteiger partial charge is 0.289 e. The summed E-state index contributed by atoms with van der Waals surface area (Å²) in [5, 5.41) is 0. The number of rotatable bonds is 5. The monoisotopic (exact) mass is 404 g/mol. The maximum absolute atomic E-state index is 13.8. The van der Waals surface area contributed by atoms with Crippen molar-refractivity contribution in [2.75, 3.05) is 0 Å². The van der Waals surface area contributed by atoms with E-state index in [9.17, 15) is 9.59 Å². The molecule has 0 atom stereocenters. The highest BCUT2D eigenvalue weighted by atomic mass is 16.1. The first-order chi connectivity index (χ1) is 15.0. The molecule has 0 aliphatic rings. The minimum atomic E-state index is -0.147. The molecule has 0 radical (unpaired) electrons. The van der Waals surface area contributed by atoms with Crippen LogP contribution in [0.25, 0.3) is 11.1 Å². The molecule has 4 aromatic rings. The molecule has 4 rings (SSSR count). The molecule has 0 bridgehead atoms. The lowest BCUT2D eigenvalue weighted by atomic mass is 9.85. The van der Waals surface area contributed by atoms with Crippen molar-refractivity contribution in [2.45, 2.75) is 20.8 Å². The van der Waals surface area contributed by atoms with E-state index in [1.54, 1.807) is 18.2 Å². The van der Waals surface area contributed by atoms with Gasteiger partial charge in [0.05, 0.1) is 0 Å². The number of hydrogen-bond acceptors (Lipinski definition) is 2. The van der Waals surface area contributed by atoms with Crippen molar-refractivity contribution in [1.82, 2.24) is 0 Å². The van der Waals surface area contributed by atoms with Crippen LogP contribution in [0.5, 0.6) is 0 Å². The van der Waals surface area contributed by atoms with Gasteiger partial charge in [-0.2, -0.15) is 0 Å². The van der Waals surface area contributed by atoms with Gasteiger partial charge in [-0.15, -0.1) is 0 Å². The topological polar surface area (TPSA) is 34.1 Å². The van der Waals surface area contributed by atoms with Crippen molar-refractivity contribution in [3.63, 3.8) is 0 Å². The molecular formula is C29H24O2. The molecule has 0 spiro atoms. The Morgan fingerprint density at radius 3 is 1.77 bits per heavy atom. The first kappa shape index (κ1) is 20.5. The van der Waals surface area contributed by atoms with Crippen molar-refractivity contribution in [3.05, 3.63) is 130 Å². The number of aryl methyl sites for hydroxylation is 3. The maximum Gasteiger partial charge on any atom is 0.194 e. The summed E-state index contributed by atoms with van der Waals surface area (Å²) in [7, 11) is 0. The van der Waals surface area contributed by atoms with Crippen LogP contribution in [0.15, 0.2) is 91.0 Å². The first-order valence-corrected chi connectivity index (χ1v) is 10.4. The molecule has 31 heavy (non-hydrogen) atoms. The van der Waals surface area contributed by atoms with Crippen molar-refractivity contribution < 1.29 is 9.59 Å². The minimum absolute atomic E-state index is 0.118. The molecule has 4 aromatic carbocycles. The van der Waals surface area contributed by atoms with Gasteiger partial charge in [0.2, 0.25) is 0 Å². The number of carbonyl (C=O) groups excluding carboxylic acids is 2. The summed E-state index contributed by atoms with van der Waals surface area (Å²) in [4.78, 5) is 27.5. The van der Waals surface area contributed by atoms with Crippen LogP contribution in [0.1, 0.15) is 48.5 Å².